The molecule has 3 heteroatoms. The predicted molar refractivity (Wildman–Crippen MR) is 53.8 cm³/mol. The molecule has 0 aliphatic heterocycles. The molecule has 1 aromatic rings. The molecule has 0 saturated heterocycles. The van der Waals surface area contributed by atoms with Crippen LogP contribution in [-0.2, 0) is 5.60 Å². The summed E-state index contributed by atoms with van der Waals surface area (Å²) in [5.41, 5.74) is 0.328. The molecule has 1 aliphatic carbocycles. The minimum atomic E-state index is -0.569. The summed E-state index contributed by atoms with van der Waals surface area (Å²) >= 11 is 1.62. The highest BCUT2D eigenvalue weighted by atomic mass is 32.1. The van der Waals surface area contributed by atoms with Gasteiger partial charge in [-0.25, -0.2) is 4.98 Å². The third-order valence-corrected chi connectivity index (χ3v) is 3.55. The van der Waals surface area contributed by atoms with Gasteiger partial charge in [0.2, 0.25) is 0 Å². The van der Waals surface area contributed by atoms with Gasteiger partial charge in [-0.05, 0) is 25.7 Å². The SMILES string of the molecule is CCCC1CC1(O)c1csc(C)n1. The molecule has 1 heterocycles. The van der Waals surface area contributed by atoms with E-state index in [9.17, 15) is 5.11 Å². The van der Waals surface area contributed by atoms with Gasteiger partial charge in [-0.1, -0.05) is 13.3 Å². The van der Waals surface area contributed by atoms with Crippen LogP contribution in [-0.4, -0.2) is 10.1 Å². The van der Waals surface area contributed by atoms with Crippen molar-refractivity contribution in [2.24, 2.45) is 5.92 Å². The third-order valence-electron chi connectivity index (χ3n) is 2.77. The van der Waals surface area contributed by atoms with Crippen molar-refractivity contribution in [3.8, 4) is 0 Å². The van der Waals surface area contributed by atoms with E-state index in [1.54, 1.807) is 11.3 Å². The lowest BCUT2D eigenvalue weighted by molar-refractivity contribution is 0.125. The third kappa shape index (κ3) is 1.51. The molecule has 13 heavy (non-hydrogen) atoms. The summed E-state index contributed by atoms with van der Waals surface area (Å²) < 4.78 is 0. The largest absolute Gasteiger partial charge is 0.383 e. The Morgan fingerprint density at radius 1 is 1.77 bits per heavy atom. The maximum Gasteiger partial charge on any atom is 0.111 e. The molecule has 0 spiro atoms. The Hall–Kier alpha value is -0.410. The Morgan fingerprint density at radius 3 is 3.08 bits per heavy atom. The van der Waals surface area contributed by atoms with Crippen LogP contribution < -0.4 is 0 Å². The first kappa shape index (κ1) is 9.16. The van der Waals surface area contributed by atoms with E-state index in [0.29, 0.717) is 5.92 Å². The quantitative estimate of drug-likeness (QED) is 0.807. The van der Waals surface area contributed by atoms with E-state index >= 15 is 0 Å². The van der Waals surface area contributed by atoms with Crippen LogP contribution in [0.1, 0.15) is 36.9 Å². The Balaban J connectivity index is 2.11. The minimum absolute atomic E-state index is 0.457. The lowest BCUT2D eigenvalue weighted by atomic mass is 10.1. The van der Waals surface area contributed by atoms with Crippen LogP contribution in [0.4, 0.5) is 0 Å². The number of nitrogens with zero attached hydrogens (tertiary/aromatic N) is 1. The average Bonchev–Trinajstić information content (AvgIpc) is 2.57. The summed E-state index contributed by atoms with van der Waals surface area (Å²) in [6.07, 6.45) is 3.17. The van der Waals surface area contributed by atoms with E-state index in [0.717, 1.165) is 30.0 Å². The topological polar surface area (TPSA) is 33.1 Å². The van der Waals surface area contributed by atoms with Gasteiger partial charge in [-0.3, -0.25) is 0 Å². The second-order valence-corrected chi connectivity index (χ2v) is 4.93. The van der Waals surface area contributed by atoms with Crippen LogP contribution >= 0.6 is 11.3 Å². The van der Waals surface area contributed by atoms with Gasteiger partial charge in [0, 0.05) is 5.38 Å². The van der Waals surface area contributed by atoms with Crippen molar-refractivity contribution in [1.29, 1.82) is 0 Å². The predicted octanol–water partition coefficient (Wildman–Crippen LogP) is 2.46. The number of hydrogen-bond donors (Lipinski definition) is 1. The average molecular weight is 197 g/mol. The number of aliphatic hydroxyl groups is 1. The summed E-state index contributed by atoms with van der Waals surface area (Å²) in [6, 6.07) is 0. The van der Waals surface area contributed by atoms with Crippen LogP contribution in [0.5, 0.6) is 0 Å². The molecule has 1 fully saturated rings. The molecule has 2 nitrogen and oxygen atoms in total. The molecule has 1 aliphatic rings. The highest BCUT2D eigenvalue weighted by Gasteiger charge is 2.54. The summed E-state index contributed by atoms with van der Waals surface area (Å²) in [7, 11) is 0. The second kappa shape index (κ2) is 3.07. The van der Waals surface area contributed by atoms with Gasteiger partial charge < -0.3 is 5.11 Å². The van der Waals surface area contributed by atoms with Gasteiger partial charge in [0.05, 0.1) is 10.7 Å². The number of thiazole rings is 1. The standard InChI is InChI=1S/C10H15NOS/c1-3-4-8-5-10(8,12)9-6-13-7(2)11-9/h6,8,12H,3-5H2,1-2H3. The molecular weight excluding hydrogens is 182 g/mol. The molecule has 2 atom stereocenters. The van der Waals surface area contributed by atoms with Crippen molar-refractivity contribution in [2.45, 2.75) is 38.7 Å². The highest BCUT2D eigenvalue weighted by molar-refractivity contribution is 7.09. The minimum Gasteiger partial charge on any atom is -0.383 e. The molecule has 1 aromatic heterocycles. The van der Waals surface area contributed by atoms with Crippen molar-refractivity contribution >= 4 is 11.3 Å². The van der Waals surface area contributed by atoms with Crippen molar-refractivity contribution < 1.29 is 5.11 Å². The van der Waals surface area contributed by atoms with E-state index in [4.69, 9.17) is 0 Å². The van der Waals surface area contributed by atoms with Crippen LogP contribution in [0.15, 0.2) is 5.38 Å². The first-order chi connectivity index (χ1) is 6.16. The Morgan fingerprint density at radius 2 is 2.54 bits per heavy atom. The van der Waals surface area contributed by atoms with Gasteiger partial charge in [0.15, 0.2) is 0 Å². The van der Waals surface area contributed by atoms with Gasteiger partial charge in [0.25, 0.3) is 0 Å². The fraction of sp³-hybridized carbons (Fsp3) is 0.700. The molecule has 2 unspecified atom stereocenters. The van der Waals surface area contributed by atoms with Crippen LogP contribution in [0.3, 0.4) is 0 Å². The summed E-state index contributed by atoms with van der Waals surface area (Å²) in [6.45, 7) is 4.14. The van der Waals surface area contributed by atoms with Crippen molar-refractivity contribution in [3.05, 3.63) is 16.1 Å². The molecule has 2 rings (SSSR count). The van der Waals surface area contributed by atoms with Crippen LogP contribution in [0.25, 0.3) is 0 Å². The summed E-state index contributed by atoms with van der Waals surface area (Å²) in [5.74, 6) is 0.457. The second-order valence-electron chi connectivity index (χ2n) is 3.87. The first-order valence-corrected chi connectivity index (χ1v) is 5.69. The Bertz CT molecular complexity index is 310. The Labute approximate surface area is 82.6 Å². The van der Waals surface area contributed by atoms with Crippen LogP contribution in [0, 0.1) is 12.8 Å². The fourth-order valence-corrected chi connectivity index (χ4v) is 2.57. The first-order valence-electron chi connectivity index (χ1n) is 4.82. The number of aromatic nitrogens is 1. The van der Waals surface area contributed by atoms with Gasteiger partial charge in [-0.15, -0.1) is 11.3 Å². The van der Waals surface area contributed by atoms with Crippen LogP contribution in [0.2, 0.25) is 0 Å². The van der Waals surface area contributed by atoms with E-state index in [1.807, 2.05) is 12.3 Å². The zero-order valence-electron chi connectivity index (χ0n) is 8.08. The molecule has 1 saturated carbocycles. The highest BCUT2D eigenvalue weighted by Crippen LogP contribution is 2.54. The molecule has 0 radical (unpaired) electrons. The molecular formula is C10H15NOS. The van der Waals surface area contributed by atoms with E-state index in [2.05, 4.69) is 11.9 Å². The molecule has 72 valence electrons. The van der Waals surface area contributed by atoms with Crippen molar-refractivity contribution in [3.63, 3.8) is 0 Å². The monoisotopic (exact) mass is 197 g/mol. The smallest absolute Gasteiger partial charge is 0.111 e. The maximum atomic E-state index is 10.1. The normalized spacial score (nSPS) is 32.1. The summed E-state index contributed by atoms with van der Waals surface area (Å²) in [5, 5.41) is 13.2. The summed E-state index contributed by atoms with van der Waals surface area (Å²) in [4.78, 5) is 4.35. The molecule has 0 amide bonds. The number of aryl methyl sites for hydroxylation is 1. The molecule has 0 aromatic carbocycles. The van der Waals surface area contributed by atoms with Gasteiger partial charge in [-0.2, -0.15) is 0 Å². The number of hydrogen-bond acceptors (Lipinski definition) is 3. The van der Waals surface area contributed by atoms with Crippen molar-refractivity contribution in [1.82, 2.24) is 4.98 Å². The zero-order valence-corrected chi connectivity index (χ0v) is 8.90. The zero-order chi connectivity index (χ0) is 9.47. The molecule has 0 bridgehead atoms. The number of rotatable bonds is 3. The van der Waals surface area contributed by atoms with Gasteiger partial charge >= 0.3 is 0 Å². The van der Waals surface area contributed by atoms with E-state index in [-0.39, 0.29) is 0 Å². The van der Waals surface area contributed by atoms with Crippen molar-refractivity contribution in [2.75, 3.05) is 0 Å². The fourth-order valence-electron chi connectivity index (χ4n) is 1.88. The molecule has 1 N–H and O–H groups in total. The Kier molecular flexibility index (Phi) is 2.16. The van der Waals surface area contributed by atoms with E-state index in [1.165, 1.54) is 0 Å². The van der Waals surface area contributed by atoms with E-state index < -0.39 is 5.60 Å². The van der Waals surface area contributed by atoms with Gasteiger partial charge in [0.1, 0.15) is 5.60 Å². The maximum absolute atomic E-state index is 10.1. The lowest BCUT2D eigenvalue weighted by Gasteiger charge is -2.05. The lowest BCUT2D eigenvalue weighted by Crippen LogP contribution is -2.09.